The molecular formula is C24H32N2. The summed E-state index contributed by atoms with van der Waals surface area (Å²) in [4.78, 5) is 4.81. The van der Waals surface area contributed by atoms with Crippen LogP contribution in [0.1, 0.15) is 51.9 Å². The molecule has 138 valence electrons. The molecule has 0 saturated heterocycles. The normalized spacial score (nSPS) is 10.5. The minimum Gasteiger partial charge on any atom is -0.377 e. The Kier molecular flexibility index (Phi) is 9.78. The number of nitrogens with zero attached hydrogens (tertiary/aromatic N) is 1. The van der Waals surface area contributed by atoms with Gasteiger partial charge in [0.1, 0.15) is 0 Å². The van der Waals surface area contributed by atoms with E-state index in [-0.39, 0.29) is 6.04 Å². The number of hydrogen-bond acceptors (Lipinski definition) is 2. The average Bonchev–Trinajstić information content (AvgIpc) is 2.73. The molecule has 0 aliphatic heterocycles. The number of rotatable bonds is 4. The highest BCUT2D eigenvalue weighted by molar-refractivity contribution is 5.59. The van der Waals surface area contributed by atoms with Crippen molar-refractivity contribution in [3.05, 3.63) is 84.1 Å². The van der Waals surface area contributed by atoms with Gasteiger partial charge in [-0.25, -0.2) is 0 Å². The van der Waals surface area contributed by atoms with Crippen LogP contribution < -0.4 is 5.32 Å². The van der Waals surface area contributed by atoms with E-state index in [1.807, 2.05) is 45.9 Å². The molecule has 3 rings (SSSR count). The summed E-state index contributed by atoms with van der Waals surface area (Å²) in [6.45, 7) is 12.3. The van der Waals surface area contributed by atoms with Crippen LogP contribution in [-0.2, 0) is 0 Å². The molecule has 0 saturated carbocycles. The Morgan fingerprint density at radius 2 is 1.35 bits per heavy atom. The molecule has 0 fully saturated rings. The lowest BCUT2D eigenvalue weighted by Crippen LogP contribution is -2.09. The van der Waals surface area contributed by atoms with E-state index in [1.165, 1.54) is 5.56 Å². The molecule has 0 bridgehead atoms. The van der Waals surface area contributed by atoms with Gasteiger partial charge in [-0.05, 0) is 37.6 Å². The molecular weight excluding hydrogens is 316 g/mol. The SMILES string of the molecule is CC.CC.Cc1ccccc1NC(C)c1cccc(-c2ccccc2)n1. The predicted octanol–water partition coefficient (Wildman–Crippen LogP) is 7.28. The minimum absolute atomic E-state index is 0.157. The van der Waals surface area contributed by atoms with Crippen molar-refractivity contribution in [2.45, 2.75) is 47.6 Å². The Balaban J connectivity index is 0.000000791. The van der Waals surface area contributed by atoms with Crippen molar-refractivity contribution in [3.63, 3.8) is 0 Å². The van der Waals surface area contributed by atoms with E-state index in [1.54, 1.807) is 0 Å². The molecule has 1 atom stereocenters. The third-order valence-electron chi connectivity index (χ3n) is 3.80. The van der Waals surface area contributed by atoms with Gasteiger partial charge in [-0.15, -0.1) is 0 Å². The van der Waals surface area contributed by atoms with Crippen LogP contribution >= 0.6 is 0 Å². The molecule has 2 aromatic carbocycles. The largest absolute Gasteiger partial charge is 0.377 e. The molecule has 1 unspecified atom stereocenters. The lowest BCUT2D eigenvalue weighted by molar-refractivity contribution is 0.839. The first-order chi connectivity index (χ1) is 12.7. The van der Waals surface area contributed by atoms with Crippen LogP contribution in [0, 0.1) is 6.92 Å². The van der Waals surface area contributed by atoms with E-state index in [0.717, 1.165) is 22.6 Å². The van der Waals surface area contributed by atoms with Crippen molar-refractivity contribution in [2.24, 2.45) is 0 Å². The molecule has 0 radical (unpaired) electrons. The Hall–Kier alpha value is -2.61. The molecule has 1 heterocycles. The Bertz CT molecular complexity index is 751. The maximum absolute atomic E-state index is 4.81. The first-order valence-corrected chi connectivity index (χ1v) is 9.58. The molecule has 1 aromatic heterocycles. The summed E-state index contributed by atoms with van der Waals surface area (Å²) in [5, 5.41) is 3.54. The van der Waals surface area contributed by atoms with E-state index in [4.69, 9.17) is 4.98 Å². The fraction of sp³-hybridized carbons (Fsp3) is 0.292. The van der Waals surface area contributed by atoms with Crippen molar-refractivity contribution in [1.82, 2.24) is 4.98 Å². The van der Waals surface area contributed by atoms with Gasteiger partial charge in [0.2, 0.25) is 0 Å². The number of hydrogen-bond donors (Lipinski definition) is 1. The monoisotopic (exact) mass is 348 g/mol. The van der Waals surface area contributed by atoms with Crippen LogP contribution in [0.4, 0.5) is 5.69 Å². The summed E-state index contributed by atoms with van der Waals surface area (Å²) in [6.07, 6.45) is 0. The van der Waals surface area contributed by atoms with Crippen molar-refractivity contribution in [3.8, 4) is 11.3 Å². The Morgan fingerprint density at radius 1 is 0.731 bits per heavy atom. The fourth-order valence-electron chi connectivity index (χ4n) is 2.50. The third-order valence-corrected chi connectivity index (χ3v) is 3.80. The van der Waals surface area contributed by atoms with Crippen LogP contribution in [0.25, 0.3) is 11.3 Å². The molecule has 0 aliphatic carbocycles. The summed E-state index contributed by atoms with van der Waals surface area (Å²) in [5.41, 5.74) is 5.60. The topological polar surface area (TPSA) is 24.9 Å². The maximum Gasteiger partial charge on any atom is 0.0706 e. The van der Waals surface area contributed by atoms with Crippen LogP contribution in [-0.4, -0.2) is 4.98 Å². The average molecular weight is 349 g/mol. The highest BCUT2D eigenvalue weighted by Gasteiger charge is 2.09. The van der Waals surface area contributed by atoms with Crippen molar-refractivity contribution >= 4 is 5.69 Å². The highest BCUT2D eigenvalue weighted by Crippen LogP contribution is 2.23. The van der Waals surface area contributed by atoms with E-state index in [0.29, 0.717) is 0 Å². The number of nitrogens with one attached hydrogen (secondary N) is 1. The quantitative estimate of drug-likeness (QED) is 0.535. The van der Waals surface area contributed by atoms with Gasteiger partial charge in [0.15, 0.2) is 0 Å². The first-order valence-electron chi connectivity index (χ1n) is 9.58. The molecule has 0 spiro atoms. The summed E-state index contributed by atoms with van der Waals surface area (Å²) >= 11 is 0. The fourth-order valence-corrected chi connectivity index (χ4v) is 2.50. The molecule has 0 amide bonds. The number of para-hydroxylation sites is 1. The first kappa shape index (κ1) is 21.4. The van der Waals surface area contributed by atoms with Crippen LogP contribution in [0.15, 0.2) is 72.8 Å². The summed E-state index contributed by atoms with van der Waals surface area (Å²) in [6, 6.07) is 25.0. The van der Waals surface area contributed by atoms with Gasteiger partial charge >= 0.3 is 0 Å². The number of anilines is 1. The Labute approximate surface area is 159 Å². The smallest absolute Gasteiger partial charge is 0.0706 e. The minimum atomic E-state index is 0.157. The van der Waals surface area contributed by atoms with Gasteiger partial charge in [0, 0.05) is 11.3 Å². The predicted molar refractivity (Wildman–Crippen MR) is 116 cm³/mol. The molecule has 1 N–H and O–H groups in total. The number of aryl methyl sites for hydroxylation is 1. The number of pyridine rings is 1. The number of aromatic nitrogens is 1. The van der Waals surface area contributed by atoms with Gasteiger partial charge < -0.3 is 5.32 Å². The van der Waals surface area contributed by atoms with Crippen molar-refractivity contribution < 1.29 is 0 Å². The van der Waals surface area contributed by atoms with E-state index in [2.05, 4.69) is 73.8 Å². The van der Waals surface area contributed by atoms with Gasteiger partial charge in [-0.1, -0.05) is 82.3 Å². The maximum atomic E-state index is 4.81. The third kappa shape index (κ3) is 6.03. The summed E-state index contributed by atoms with van der Waals surface area (Å²) in [5.74, 6) is 0. The standard InChI is InChI=1S/C20H20N2.2C2H6/c1-15-9-6-7-12-18(15)21-16(2)19-13-8-14-20(22-19)17-10-4-3-5-11-17;2*1-2/h3-14,16,21H,1-2H3;2*1-2H3. The van der Waals surface area contributed by atoms with E-state index >= 15 is 0 Å². The van der Waals surface area contributed by atoms with Crippen LogP contribution in [0.5, 0.6) is 0 Å². The zero-order chi connectivity index (χ0) is 19.4. The Morgan fingerprint density at radius 3 is 2.00 bits per heavy atom. The lowest BCUT2D eigenvalue weighted by Gasteiger charge is -2.17. The molecule has 2 nitrogen and oxygen atoms in total. The second-order valence-corrected chi connectivity index (χ2v) is 5.49. The van der Waals surface area contributed by atoms with E-state index < -0.39 is 0 Å². The van der Waals surface area contributed by atoms with Gasteiger partial charge in [-0.3, -0.25) is 4.98 Å². The summed E-state index contributed by atoms with van der Waals surface area (Å²) < 4.78 is 0. The van der Waals surface area contributed by atoms with Gasteiger partial charge in [0.05, 0.1) is 17.4 Å². The van der Waals surface area contributed by atoms with Crippen LogP contribution in [0.2, 0.25) is 0 Å². The molecule has 0 aliphatic rings. The van der Waals surface area contributed by atoms with Crippen LogP contribution in [0.3, 0.4) is 0 Å². The van der Waals surface area contributed by atoms with Crippen molar-refractivity contribution in [1.29, 1.82) is 0 Å². The zero-order valence-electron chi connectivity index (χ0n) is 17.0. The lowest BCUT2D eigenvalue weighted by atomic mass is 10.1. The highest BCUT2D eigenvalue weighted by atomic mass is 14.9. The molecule has 26 heavy (non-hydrogen) atoms. The second-order valence-electron chi connectivity index (χ2n) is 5.49. The summed E-state index contributed by atoms with van der Waals surface area (Å²) in [7, 11) is 0. The van der Waals surface area contributed by atoms with Gasteiger partial charge in [0.25, 0.3) is 0 Å². The van der Waals surface area contributed by atoms with Gasteiger partial charge in [-0.2, -0.15) is 0 Å². The van der Waals surface area contributed by atoms with E-state index in [9.17, 15) is 0 Å². The second kappa shape index (κ2) is 11.9. The molecule has 3 aromatic rings. The molecule has 2 heteroatoms. The number of benzene rings is 2. The zero-order valence-corrected chi connectivity index (χ0v) is 17.0. The van der Waals surface area contributed by atoms with Crippen molar-refractivity contribution in [2.75, 3.05) is 5.32 Å².